The SMILES string of the molecule is CN(C)C(=S)S[C-]=C=C(c1ccccc1)c1ccccc1.CN(C)C(=S)[S-].[C-]#[O+].[Ru+2].c1ccc(P(c2ccccc2)c2ccccc2)cc1. The largest absolute Gasteiger partial charge is 2.00 e. The van der Waals surface area contributed by atoms with Crippen LogP contribution in [-0.4, -0.2) is 46.6 Å². The fourth-order valence-corrected chi connectivity index (χ4v) is 6.76. The summed E-state index contributed by atoms with van der Waals surface area (Å²) in [5, 5.41) is 7.30. The summed E-state index contributed by atoms with van der Waals surface area (Å²) in [5.74, 6) is 0. The van der Waals surface area contributed by atoms with Crippen molar-refractivity contribution in [1.82, 2.24) is 9.80 Å². The zero-order valence-corrected chi connectivity index (χ0v) is 33.6. The number of thioether (sulfide) groups is 1. The molecule has 0 heterocycles. The molecule has 0 aromatic heterocycles. The van der Waals surface area contributed by atoms with Crippen LogP contribution in [0.25, 0.3) is 5.57 Å². The summed E-state index contributed by atoms with van der Waals surface area (Å²) >= 11 is 15.7. The zero-order chi connectivity index (χ0) is 35.1. The molecule has 49 heavy (non-hydrogen) atoms. The van der Waals surface area contributed by atoms with E-state index in [0.717, 1.165) is 21.0 Å². The van der Waals surface area contributed by atoms with Gasteiger partial charge in [0.15, 0.2) is 0 Å². The summed E-state index contributed by atoms with van der Waals surface area (Å²) in [6, 6.07) is 52.7. The van der Waals surface area contributed by atoms with Crippen LogP contribution in [0, 0.1) is 12.1 Å². The van der Waals surface area contributed by atoms with Crippen LogP contribution in [0.4, 0.5) is 0 Å². The Morgan fingerprint density at radius 2 is 0.898 bits per heavy atom. The smallest absolute Gasteiger partial charge is 0.0622 e. The zero-order valence-electron chi connectivity index (χ0n) is 27.7. The van der Waals surface area contributed by atoms with Crippen LogP contribution >= 0.6 is 44.1 Å². The Hall–Kier alpha value is -3.24. The first-order chi connectivity index (χ1) is 23.3. The molecule has 0 unspecified atom stereocenters. The normalized spacial score (nSPS) is 9.20. The van der Waals surface area contributed by atoms with E-state index in [2.05, 4.69) is 158 Å². The predicted octanol–water partition coefficient (Wildman–Crippen LogP) is 8.40. The molecule has 0 radical (unpaired) electrons. The molecule has 0 atom stereocenters. The van der Waals surface area contributed by atoms with E-state index < -0.39 is 7.92 Å². The molecule has 0 aliphatic heterocycles. The second kappa shape index (κ2) is 25.7. The fraction of sp³-hybridized carbons (Fsp3) is 0.100. The first-order valence-corrected chi connectivity index (χ1v) is 18.1. The number of nitrogens with zero attached hydrogens (tertiary/aromatic N) is 2. The van der Waals surface area contributed by atoms with E-state index in [1.807, 2.05) is 69.5 Å². The molecule has 0 fully saturated rings. The van der Waals surface area contributed by atoms with Gasteiger partial charge in [-0.2, -0.15) is 17.2 Å². The Bertz CT molecular complexity index is 1600. The van der Waals surface area contributed by atoms with Gasteiger partial charge in [0.05, 0.1) is 0 Å². The molecule has 0 aliphatic carbocycles. The summed E-state index contributed by atoms with van der Waals surface area (Å²) in [7, 11) is 7.06. The Balaban J connectivity index is 0.000000398. The van der Waals surface area contributed by atoms with Gasteiger partial charge in [-0.05, 0) is 23.8 Å². The minimum absolute atomic E-state index is 0. The number of rotatable bonds is 6. The number of hydrogen-bond donors (Lipinski definition) is 0. The van der Waals surface area contributed by atoms with Crippen molar-refractivity contribution in [1.29, 1.82) is 0 Å². The second-order valence-corrected chi connectivity index (χ2v) is 14.8. The average Bonchev–Trinajstić information content (AvgIpc) is 3.13. The van der Waals surface area contributed by atoms with Crippen molar-refractivity contribution in [2.24, 2.45) is 0 Å². The maximum Gasteiger partial charge on any atom is 2.00 e. The molecular formula is C40H37N2OPRuS4. The quantitative estimate of drug-likeness (QED) is 0.0325. The molecule has 0 aliphatic rings. The summed E-state index contributed by atoms with van der Waals surface area (Å²) in [5.41, 5.74) is 6.51. The molecule has 0 saturated heterocycles. The Morgan fingerprint density at radius 1 is 0.612 bits per heavy atom. The molecular weight excluding hydrogens is 785 g/mol. The topological polar surface area (TPSA) is 26.4 Å². The summed E-state index contributed by atoms with van der Waals surface area (Å²) in [6.45, 7) is 4.50. The van der Waals surface area contributed by atoms with Gasteiger partial charge in [-0.15, -0.1) is 5.57 Å². The van der Waals surface area contributed by atoms with Crippen LogP contribution in [0.5, 0.6) is 0 Å². The van der Waals surface area contributed by atoms with Crippen LogP contribution in [0.15, 0.2) is 157 Å². The van der Waals surface area contributed by atoms with E-state index >= 15 is 0 Å². The van der Waals surface area contributed by atoms with Crippen LogP contribution in [0.2, 0.25) is 0 Å². The van der Waals surface area contributed by atoms with Crippen LogP contribution < -0.4 is 15.9 Å². The van der Waals surface area contributed by atoms with Crippen LogP contribution in [0.3, 0.4) is 0 Å². The molecule has 5 aromatic rings. The van der Waals surface area contributed by atoms with Gasteiger partial charge in [0, 0.05) is 28.2 Å². The molecule has 0 bridgehead atoms. The van der Waals surface area contributed by atoms with Crippen molar-refractivity contribution in [3.05, 3.63) is 181 Å². The van der Waals surface area contributed by atoms with Crippen molar-refractivity contribution in [3.63, 3.8) is 0 Å². The minimum atomic E-state index is -0.446. The van der Waals surface area contributed by atoms with E-state index in [4.69, 9.17) is 16.9 Å². The standard InChI is InChI=1S/C18H16NS2.C18H15P.C3H7NS2.CO.Ru/c1-19(2)18(20)21-14-13-17(15-9-5-3-6-10-15)16-11-7-4-8-12-16;1-4-10-16(11-5-1)19(17-12-6-2-7-13-17)18-14-8-3-9-15-18;1-4(2)3(5)6;1-2;/h3-12H,1-2H3;1-15H;1-2H3,(H,5,6);;/q-1;;;;+2/p-1. The third kappa shape index (κ3) is 16.3. The van der Waals surface area contributed by atoms with Crippen LogP contribution in [-0.2, 0) is 36.8 Å². The molecule has 0 saturated carbocycles. The first kappa shape index (κ1) is 43.8. The molecule has 5 aromatic carbocycles. The van der Waals surface area contributed by atoms with Crippen molar-refractivity contribution in [2.75, 3.05) is 28.2 Å². The van der Waals surface area contributed by atoms with Gasteiger partial charge in [0.1, 0.15) is 4.32 Å². The van der Waals surface area contributed by atoms with Gasteiger partial charge >= 0.3 is 30.8 Å². The van der Waals surface area contributed by atoms with E-state index in [9.17, 15) is 0 Å². The first-order valence-electron chi connectivity index (χ1n) is 14.7. The monoisotopic (exact) mass is 822 g/mol. The molecule has 0 amide bonds. The van der Waals surface area contributed by atoms with Gasteiger partial charge in [-0.25, -0.2) is 0 Å². The van der Waals surface area contributed by atoms with Crippen LogP contribution in [0.1, 0.15) is 11.1 Å². The van der Waals surface area contributed by atoms with E-state index in [0.29, 0.717) is 4.32 Å². The van der Waals surface area contributed by atoms with Gasteiger partial charge in [0.2, 0.25) is 0 Å². The average molecular weight is 822 g/mol. The molecule has 0 N–H and O–H groups in total. The molecule has 5 rings (SSSR count). The fourth-order valence-electron chi connectivity index (χ4n) is 3.91. The third-order valence-electron chi connectivity index (χ3n) is 6.21. The summed E-state index contributed by atoms with van der Waals surface area (Å²) < 4.78 is 8.78. The van der Waals surface area contributed by atoms with Crippen molar-refractivity contribution < 1.29 is 24.1 Å². The maximum atomic E-state index is 7.50. The Labute approximate surface area is 327 Å². The molecule has 9 heteroatoms. The van der Waals surface area contributed by atoms with Gasteiger partial charge < -0.3 is 40.4 Å². The van der Waals surface area contributed by atoms with E-state index in [1.54, 1.807) is 4.90 Å². The third-order valence-corrected chi connectivity index (χ3v) is 10.7. The second-order valence-electron chi connectivity index (χ2n) is 10.1. The predicted molar refractivity (Wildman–Crippen MR) is 219 cm³/mol. The van der Waals surface area contributed by atoms with Gasteiger partial charge in [-0.1, -0.05) is 179 Å². The van der Waals surface area contributed by atoms with Crippen molar-refractivity contribution in [2.45, 2.75) is 0 Å². The number of benzene rings is 5. The summed E-state index contributed by atoms with van der Waals surface area (Å²) in [4.78, 5) is 3.60. The molecule has 0 spiro atoms. The van der Waals surface area contributed by atoms with Crippen molar-refractivity contribution in [3.8, 4) is 0 Å². The number of thiocarbonyl (C=S) groups is 2. The Morgan fingerprint density at radius 3 is 1.16 bits per heavy atom. The minimum Gasteiger partial charge on any atom is -0.0622 e. The van der Waals surface area contributed by atoms with E-state index in [-0.39, 0.29) is 19.5 Å². The maximum absolute atomic E-state index is 7.50. The Kier molecular flexibility index (Phi) is 23.0. The summed E-state index contributed by atoms with van der Waals surface area (Å²) in [6.07, 6.45) is 0. The van der Waals surface area contributed by atoms with Crippen molar-refractivity contribution >= 4 is 86.9 Å². The van der Waals surface area contributed by atoms with Gasteiger partial charge in [-0.3, -0.25) is 0 Å². The molecule has 250 valence electrons. The van der Waals surface area contributed by atoms with Gasteiger partial charge in [0.25, 0.3) is 0 Å². The molecule has 3 nitrogen and oxygen atoms in total. The van der Waals surface area contributed by atoms with E-state index in [1.165, 1.54) is 27.7 Å². The number of hydrogen-bond acceptors (Lipinski definition) is 4.